The van der Waals surface area contributed by atoms with E-state index in [2.05, 4.69) is 27.1 Å². The van der Waals surface area contributed by atoms with Crippen LogP contribution in [0.1, 0.15) is 29.9 Å². The quantitative estimate of drug-likeness (QED) is 0.175. The first kappa shape index (κ1) is 25.0. The topological polar surface area (TPSA) is 96.0 Å². The van der Waals surface area contributed by atoms with Gasteiger partial charge >= 0.3 is 0 Å². The van der Waals surface area contributed by atoms with Crippen LogP contribution in [0.15, 0.2) is 53.4 Å². The van der Waals surface area contributed by atoms with Crippen molar-refractivity contribution >= 4 is 46.1 Å². The number of hydrogen-bond acceptors (Lipinski definition) is 7. The summed E-state index contributed by atoms with van der Waals surface area (Å²) < 4.78 is 0. The van der Waals surface area contributed by atoms with Crippen LogP contribution in [0.25, 0.3) is 10.2 Å². The van der Waals surface area contributed by atoms with Crippen LogP contribution in [0.5, 0.6) is 0 Å². The van der Waals surface area contributed by atoms with E-state index in [-0.39, 0.29) is 0 Å². The fourth-order valence-electron chi connectivity index (χ4n) is 1.86. The maximum absolute atomic E-state index is 10.6. The van der Waals surface area contributed by atoms with E-state index >= 15 is 0 Å². The molecule has 8 heteroatoms. The number of nitrogens with one attached hydrogen (secondary N) is 1. The number of hydrogen-bond donors (Lipinski definition) is 2. The second-order valence-corrected chi connectivity index (χ2v) is 6.15. The number of carbonyl (C=O) groups is 1. The van der Waals surface area contributed by atoms with Crippen LogP contribution in [-0.2, 0) is 0 Å². The Kier molecular flexibility index (Phi) is 14.5. The number of hydrazone groups is 1. The molecule has 0 aliphatic rings. The van der Waals surface area contributed by atoms with Crippen molar-refractivity contribution in [2.24, 2.45) is 15.8 Å². The van der Waals surface area contributed by atoms with E-state index in [4.69, 9.17) is 5.73 Å². The molecule has 0 saturated heterocycles. The largest absolute Gasteiger partial charge is 0.390 e. The number of nitrogens with two attached hydrogens (primary N) is 1. The molecule has 28 heavy (non-hydrogen) atoms. The Morgan fingerprint density at radius 3 is 2.75 bits per heavy atom. The number of thiophene rings is 1. The van der Waals surface area contributed by atoms with Crippen molar-refractivity contribution in [1.82, 2.24) is 10.4 Å². The van der Waals surface area contributed by atoms with E-state index < -0.39 is 0 Å². The average molecular weight is 403 g/mol. The molecule has 0 amide bonds. The molecule has 0 spiro atoms. The fourth-order valence-corrected chi connectivity index (χ4v) is 2.69. The monoisotopic (exact) mass is 402 g/mol. The second-order valence-electron chi connectivity index (χ2n) is 5.09. The summed E-state index contributed by atoms with van der Waals surface area (Å²) in [6.07, 6.45) is 11.6. The Hall–Kier alpha value is -3.00. The van der Waals surface area contributed by atoms with Gasteiger partial charge in [0, 0.05) is 50.2 Å². The summed E-state index contributed by atoms with van der Waals surface area (Å²) in [5, 5.41) is 4.92. The lowest BCUT2D eigenvalue weighted by Gasteiger charge is -2.12. The highest BCUT2D eigenvalue weighted by atomic mass is 32.1. The summed E-state index contributed by atoms with van der Waals surface area (Å²) in [7, 11) is 3.96. The minimum absolute atomic E-state index is 0.682. The van der Waals surface area contributed by atoms with E-state index in [0.717, 1.165) is 33.5 Å². The van der Waals surface area contributed by atoms with Gasteiger partial charge in [-0.3, -0.25) is 4.79 Å². The van der Waals surface area contributed by atoms with Crippen LogP contribution >= 0.6 is 11.3 Å². The molecule has 0 aromatic carbocycles. The van der Waals surface area contributed by atoms with Crippen molar-refractivity contribution in [1.29, 1.82) is 0 Å². The first-order chi connectivity index (χ1) is 13.6. The maximum Gasteiger partial charge on any atom is 0.160 e. The van der Waals surface area contributed by atoms with Crippen LogP contribution in [0.3, 0.4) is 0 Å². The molecule has 0 saturated carbocycles. The molecule has 0 bridgehead atoms. The first-order valence-electron chi connectivity index (χ1n) is 8.88. The van der Waals surface area contributed by atoms with Gasteiger partial charge in [-0.15, -0.1) is 17.9 Å². The highest BCUT2D eigenvalue weighted by molar-refractivity contribution is 7.20. The molecule has 2 heterocycles. The van der Waals surface area contributed by atoms with Crippen LogP contribution < -0.4 is 16.1 Å². The zero-order valence-corrected chi connectivity index (χ0v) is 17.8. The van der Waals surface area contributed by atoms with Crippen molar-refractivity contribution in [3.63, 3.8) is 0 Å². The van der Waals surface area contributed by atoms with E-state index in [0.29, 0.717) is 6.54 Å². The van der Waals surface area contributed by atoms with Crippen molar-refractivity contribution in [3.8, 4) is 0 Å². The number of aromatic nitrogens is 1. The van der Waals surface area contributed by atoms with E-state index in [9.17, 15) is 4.79 Å². The van der Waals surface area contributed by atoms with Crippen molar-refractivity contribution in [3.05, 3.63) is 48.1 Å². The Balaban J connectivity index is 0.000000485. The number of allylic oxidation sites excluding steroid dienone is 1. The number of carbonyl (C=O) groups excluding carboxylic acids is 1. The van der Waals surface area contributed by atoms with Gasteiger partial charge < -0.3 is 16.1 Å². The number of nitrogens with zero attached hydrogens (tertiary/aromatic N) is 4. The summed E-state index contributed by atoms with van der Waals surface area (Å²) in [5.41, 5.74) is 8.89. The highest BCUT2D eigenvalue weighted by Gasteiger charge is 2.07. The van der Waals surface area contributed by atoms with Crippen LogP contribution in [0.2, 0.25) is 0 Å². The molecule has 3 N–H and O–H groups in total. The Morgan fingerprint density at radius 2 is 2.14 bits per heavy atom. The minimum atomic E-state index is 0.682. The zero-order chi connectivity index (χ0) is 21.2. The maximum atomic E-state index is 10.6. The molecule has 0 aliphatic heterocycles. The smallest absolute Gasteiger partial charge is 0.160 e. The van der Waals surface area contributed by atoms with Gasteiger partial charge in [-0.25, -0.2) is 9.98 Å². The Bertz CT molecular complexity index is 780. The summed E-state index contributed by atoms with van der Waals surface area (Å²) in [6.45, 7) is 8.22. The van der Waals surface area contributed by atoms with Crippen LogP contribution in [-0.4, -0.2) is 44.5 Å². The van der Waals surface area contributed by atoms with Gasteiger partial charge in [0.1, 0.15) is 4.83 Å². The molecular formula is C20H30N6OS. The van der Waals surface area contributed by atoms with Gasteiger partial charge in [-0.2, -0.15) is 5.10 Å². The molecule has 0 aliphatic carbocycles. The van der Waals surface area contributed by atoms with Crippen molar-refractivity contribution < 1.29 is 4.79 Å². The Morgan fingerprint density at radius 1 is 1.39 bits per heavy atom. The lowest BCUT2D eigenvalue weighted by atomic mass is 10.2. The predicted octanol–water partition coefficient (Wildman–Crippen LogP) is 3.84. The van der Waals surface area contributed by atoms with Gasteiger partial charge in [-0.1, -0.05) is 26.0 Å². The third kappa shape index (κ3) is 9.63. The van der Waals surface area contributed by atoms with Gasteiger partial charge in [0.25, 0.3) is 0 Å². The number of rotatable bonds is 8. The number of fused-ring (bicyclic) bond motifs is 1. The molecule has 2 rings (SSSR count). The number of pyridine rings is 1. The van der Waals surface area contributed by atoms with Crippen molar-refractivity contribution in [2.75, 3.05) is 25.5 Å². The van der Waals surface area contributed by atoms with E-state index in [1.165, 1.54) is 17.7 Å². The second kappa shape index (κ2) is 16.2. The molecular weight excluding hydrogens is 372 g/mol. The molecule has 2 aromatic heterocycles. The molecule has 7 nitrogen and oxygen atoms in total. The third-order valence-corrected chi connectivity index (χ3v) is 3.94. The predicted molar refractivity (Wildman–Crippen MR) is 124 cm³/mol. The minimum Gasteiger partial charge on any atom is -0.390 e. The fraction of sp³-hybridized carbons (Fsp3) is 0.300. The molecule has 0 atom stereocenters. The Labute approximate surface area is 171 Å². The zero-order valence-electron chi connectivity index (χ0n) is 17.0. The number of anilines is 1. The molecule has 0 radical (unpaired) electrons. The van der Waals surface area contributed by atoms with E-state index in [1.54, 1.807) is 24.7 Å². The standard InChI is InChI=1S/C10H10N2OS.C8H14N4.C2H6/c1-12(2)9-3-4-11-10-8(9)5-7(6-13)14-10;1-2-5-11-12-7-4-3-6-10-8-9;1-2/h3-6H,1-2H3;2-3,6-8,11H,1,4-5H2,(H2,9,10);1-2H3/b;6-3+,12-7-;. The normalized spacial score (nSPS) is 10.4. The van der Waals surface area contributed by atoms with E-state index in [1.807, 2.05) is 51.1 Å². The summed E-state index contributed by atoms with van der Waals surface area (Å²) in [5.74, 6) is 0. The molecule has 0 unspecified atom stereocenters. The van der Waals surface area contributed by atoms with Gasteiger partial charge in [0.05, 0.1) is 17.8 Å². The molecule has 0 fully saturated rings. The van der Waals surface area contributed by atoms with Gasteiger partial charge in [0.15, 0.2) is 6.29 Å². The lowest BCUT2D eigenvalue weighted by Crippen LogP contribution is -2.08. The van der Waals surface area contributed by atoms with Crippen LogP contribution in [0.4, 0.5) is 5.69 Å². The summed E-state index contributed by atoms with van der Waals surface area (Å²) >= 11 is 1.42. The lowest BCUT2D eigenvalue weighted by molar-refractivity contribution is 0.112. The first-order valence-corrected chi connectivity index (χ1v) is 9.70. The summed E-state index contributed by atoms with van der Waals surface area (Å²) in [6, 6.07) is 3.83. The third-order valence-electron chi connectivity index (χ3n) is 2.97. The SMILES string of the molecule is C=CCN/N=C\C/C=C/N=CN.CC.CN(C)c1ccnc2sc(C=O)cc12. The van der Waals surface area contributed by atoms with Crippen molar-refractivity contribution in [2.45, 2.75) is 20.3 Å². The van der Waals surface area contributed by atoms with Crippen LogP contribution in [0, 0.1) is 0 Å². The molecule has 2 aromatic rings. The highest BCUT2D eigenvalue weighted by Crippen LogP contribution is 2.29. The number of aldehydes is 1. The van der Waals surface area contributed by atoms with Gasteiger partial charge in [-0.05, 0) is 12.1 Å². The van der Waals surface area contributed by atoms with Gasteiger partial charge in [0.2, 0.25) is 0 Å². The molecule has 152 valence electrons. The average Bonchev–Trinajstić information content (AvgIpc) is 3.15. The summed E-state index contributed by atoms with van der Waals surface area (Å²) in [4.78, 5) is 22.2. The number of aliphatic imine (C=N–C) groups is 1.